The molecule has 3 rings (SSSR count). The van der Waals surface area contributed by atoms with Crippen LogP contribution in [-0.2, 0) is 6.42 Å². The molecule has 0 aliphatic heterocycles. The topological polar surface area (TPSA) is 49.0 Å². The molecule has 1 heterocycles. The number of hydrogen-bond donors (Lipinski definition) is 1. The van der Waals surface area contributed by atoms with Crippen molar-refractivity contribution in [1.82, 2.24) is 15.1 Å². The van der Waals surface area contributed by atoms with Crippen LogP contribution in [0.3, 0.4) is 0 Å². The molecule has 0 saturated carbocycles. The third-order valence-corrected chi connectivity index (χ3v) is 4.59. The largest absolute Gasteiger partial charge is 0.342 e. The molecule has 0 radical (unpaired) electrons. The second-order valence-corrected chi connectivity index (χ2v) is 6.66. The predicted molar refractivity (Wildman–Crippen MR) is 105 cm³/mol. The van der Waals surface area contributed by atoms with E-state index in [4.69, 9.17) is 0 Å². The fourth-order valence-corrected chi connectivity index (χ4v) is 3.03. The number of nitrogens with one attached hydrogen (secondary N) is 1. The summed E-state index contributed by atoms with van der Waals surface area (Å²) in [5.41, 5.74) is 3.31. The van der Waals surface area contributed by atoms with E-state index in [1.54, 1.807) is 24.1 Å². The average Bonchev–Trinajstić information content (AvgIpc) is 3.17. The van der Waals surface area contributed by atoms with Gasteiger partial charge in [-0.1, -0.05) is 48.9 Å². The Bertz CT molecular complexity index is 876. The van der Waals surface area contributed by atoms with Crippen molar-refractivity contribution >= 4 is 5.91 Å². The van der Waals surface area contributed by atoms with E-state index in [-0.39, 0.29) is 11.5 Å². The van der Waals surface area contributed by atoms with Crippen molar-refractivity contribution in [3.63, 3.8) is 0 Å². The van der Waals surface area contributed by atoms with Crippen LogP contribution < -0.4 is 0 Å². The molecule has 0 aliphatic carbocycles. The van der Waals surface area contributed by atoms with Crippen LogP contribution in [0.5, 0.6) is 0 Å². The average molecular weight is 365 g/mol. The number of amides is 1. The standard InChI is InChI=1S/C22H24FN3O/c1-26(22(27)19-13-7-8-14-20(19)23)15-9-3-6-12-18-16-21(25-24-18)17-10-4-2-5-11-17/h2,4-5,7-8,10-11,13-14,16H,3,6,9,12,15H2,1H3,(H,24,25). The summed E-state index contributed by atoms with van der Waals surface area (Å²) in [6, 6.07) is 18.3. The number of aromatic amines is 1. The molecule has 140 valence electrons. The van der Waals surface area contributed by atoms with E-state index < -0.39 is 5.82 Å². The highest BCUT2D eigenvalue weighted by molar-refractivity contribution is 5.94. The second-order valence-electron chi connectivity index (χ2n) is 6.66. The Balaban J connectivity index is 1.40. The molecule has 0 atom stereocenters. The normalized spacial score (nSPS) is 10.7. The van der Waals surface area contributed by atoms with Crippen LogP contribution in [0.15, 0.2) is 60.7 Å². The van der Waals surface area contributed by atoms with Gasteiger partial charge < -0.3 is 4.90 Å². The van der Waals surface area contributed by atoms with Crippen LogP contribution in [0.25, 0.3) is 11.3 Å². The van der Waals surface area contributed by atoms with Gasteiger partial charge in [0.2, 0.25) is 0 Å². The fraction of sp³-hybridized carbons (Fsp3) is 0.273. The monoisotopic (exact) mass is 365 g/mol. The highest BCUT2D eigenvalue weighted by atomic mass is 19.1. The van der Waals surface area contributed by atoms with Gasteiger partial charge in [-0.05, 0) is 37.5 Å². The number of hydrogen-bond acceptors (Lipinski definition) is 2. The van der Waals surface area contributed by atoms with E-state index in [9.17, 15) is 9.18 Å². The summed E-state index contributed by atoms with van der Waals surface area (Å²) in [5, 5.41) is 7.46. The second kappa shape index (κ2) is 9.12. The SMILES string of the molecule is CN(CCCCCc1cc(-c2ccccc2)n[nH]1)C(=O)c1ccccc1F. The Morgan fingerprint density at radius 1 is 1.04 bits per heavy atom. The minimum atomic E-state index is -0.470. The molecular formula is C22H24FN3O. The Kier molecular flexibility index (Phi) is 6.36. The summed E-state index contributed by atoms with van der Waals surface area (Å²) in [6.07, 6.45) is 3.81. The molecule has 4 nitrogen and oxygen atoms in total. The van der Waals surface area contributed by atoms with E-state index in [1.807, 2.05) is 30.3 Å². The maximum atomic E-state index is 13.7. The van der Waals surface area contributed by atoms with Crippen LogP contribution in [0.1, 0.15) is 35.3 Å². The van der Waals surface area contributed by atoms with E-state index in [0.717, 1.165) is 42.6 Å². The lowest BCUT2D eigenvalue weighted by Crippen LogP contribution is -2.28. The van der Waals surface area contributed by atoms with Crippen LogP contribution in [-0.4, -0.2) is 34.6 Å². The molecule has 3 aromatic rings. The van der Waals surface area contributed by atoms with Gasteiger partial charge in [0.05, 0.1) is 11.3 Å². The lowest BCUT2D eigenvalue weighted by Gasteiger charge is -2.17. The first-order valence-electron chi connectivity index (χ1n) is 9.25. The molecule has 0 fully saturated rings. The van der Waals surface area contributed by atoms with Gasteiger partial charge in [0, 0.05) is 24.8 Å². The smallest absolute Gasteiger partial charge is 0.256 e. The number of carbonyl (C=O) groups excluding carboxylic acids is 1. The Hall–Kier alpha value is -2.95. The summed E-state index contributed by atoms with van der Waals surface area (Å²) in [4.78, 5) is 13.8. The number of aromatic nitrogens is 2. The molecule has 0 unspecified atom stereocenters. The van der Waals surface area contributed by atoms with Gasteiger partial charge in [-0.3, -0.25) is 9.89 Å². The third kappa shape index (κ3) is 5.03. The maximum absolute atomic E-state index is 13.7. The lowest BCUT2D eigenvalue weighted by molar-refractivity contribution is 0.0788. The van der Waals surface area contributed by atoms with Crippen LogP contribution in [0.4, 0.5) is 4.39 Å². The van der Waals surface area contributed by atoms with Crippen LogP contribution in [0.2, 0.25) is 0 Å². The summed E-state index contributed by atoms with van der Waals surface area (Å²) in [5.74, 6) is -0.739. The molecule has 1 amide bonds. The third-order valence-electron chi connectivity index (χ3n) is 4.59. The number of H-pyrrole nitrogens is 1. The minimum Gasteiger partial charge on any atom is -0.342 e. The van der Waals surface area contributed by atoms with Gasteiger partial charge in [0.1, 0.15) is 5.82 Å². The van der Waals surface area contributed by atoms with Gasteiger partial charge >= 0.3 is 0 Å². The van der Waals surface area contributed by atoms with Gasteiger partial charge in [0.25, 0.3) is 5.91 Å². The Morgan fingerprint density at radius 2 is 1.78 bits per heavy atom. The summed E-state index contributed by atoms with van der Waals surface area (Å²) in [7, 11) is 1.72. The first-order chi connectivity index (χ1) is 13.1. The number of aryl methyl sites for hydroxylation is 1. The molecule has 1 aromatic heterocycles. The molecule has 27 heavy (non-hydrogen) atoms. The Morgan fingerprint density at radius 3 is 2.56 bits per heavy atom. The van der Waals surface area contributed by atoms with Crippen molar-refractivity contribution < 1.29 is 9.18 Å². The zero-order chi connectivity index (χ0) is 19.1. The molecule has 0 spiro atoms. The lowest BCUT2D eigenvalue weighted by atomic mass is 10.1. The number of unbranched alkanes of at least 4 members (excludes halogenated alkanes) is 2. The Labute approximate surface area is 159 Å². The van der Waals surface area contributed by atoms with Crippen molar-refractivity contribution in [2.24, 2.45) is 0 Å². The number of carbonyl (C=O) groups is 1. The molecule has 2 aromatic carbocycles. The molecule has 5 heteroatoms. The van der Waals surface area contributed by atoms with Gasteiger partial charge in [0.15, 0.2) is 0 Å². The highest BCUT2D eigenvalue weighted by Crippen LogP contribution is 2.18. The number of benzene rings is 2. The van der Waals surface area contributed by atoms with E-state index >= 15 is 0 Å². The van der Waals surface area contributed by atoms with Crippen molar-refractivity contribution in [2.75, 3.05) is 13.6 Å². The summed E-state index contributed by atoms with van der Waals surface area (Å²) < 4.78 is 13.7. The van der Waals surface area contributed by atoms with Crippen molar-refractivity contribution in [2.45, 2.75) is 25.7 Å². The van der Waals surface area contributed by atoms with Crippen LogP contribution >= 0.6 is 0 Å². The zero-order valence-corrected chi connectivity index (χ0v) is 15.5. The van der Waals surface area contributed by atoms with Crippen molar-refractivity contribution in [3.8, 4) is 11.3 Å². The zero-order valence-electron chi connectivity index (χ0n) is 15.5. The molecule has 0 aliphatic rings. The maximum Gasteiger partial charge on any atom is 0.256 e. The van der Waals surface area contributed by atoms with E-state index in [2.05, 4.69) is 16.3 Å². The quantitative estimate of drug-likeness (QED) is 0.588. The molecule has 1 N–H and O–H groups in total. The highest BCUT2D eigenvalue weighted by Gasteiger charge is 2.15. The number of rotatable bonds is 8. The molecule has 0 saturated heterocycles. The predicted octanol–water partition coefficient (Wildman–Crippen LogP) is 4.70. The molecule has 0 bridgehead atoms. The van der Waals surface area contributed by atoms with Crippen molar-refractivity contribution in [1.29, 1.82) is 0 Å². The van der Waals surface area contributed by atoms with E-state index in [0.29, 0.717) is 6.54 Å². The first-order valence-corrected chi connectivity index (χ1v) is 9.25. The van der Waals surface area contributed by atoms with Crippen molar-refractivity contribution in [3.05, 3.63) is 77.7 Å². The molecular weight excluding hydrogens is 341 g/mol. The first kappa shape index (κ1) is 18.8. The van der Waals surface area contributed by atoms with Crippen LogP contribution in [0, 0.1) is 5.82 Å². The van der Waals surface area contributed by atoms with Gasteiger partial charge in [-0.25, -0.2) is 4.39 Å². The van der Waals surface area contributed by atoms with Gasteiger partial charge in [-0.15, -0.1) is 0 Å². The number of nitrogens with zero attached hydrogens (tertiary/aromatic N) is 2. The minimum absolute atomic E-state index is 0.130. The summed E-state index contributed by atoms with van der Waals surface area (Å²) >= 11 is 0. The fourth-order valence-electron chi connectivity index (χ4n) is 3.03. The van der Waals surface area contributed by atoms with Gasteiger partial charge in [-0.2, -0.15) is 5.10 Å². The summed E-state index contributed by atoms with van der Waals surface area (Å²) in [6.45, 7) is 0.616. The number of halogens is 1. The van der Waals surface area contributed by atoms with E-state index in [1.165, 1.54) is 12.1 Å².